The van der Waals surface area contributed by atoms with Gasteiger partial charge in [0.2, 0.25) is 0 Å². The first-order valence-corrected chi connectivity index (χ1v) is 4.49. The molecule has 2 nitrogen and oxygen atoms in total. The molecular weight excluding hydrogens is 180 g/mol. The number of hydrogen-bond acceptors (Lipinski definition) is 2. The number of para-hydroxylation sites is 2. The van der Waals surface area contributed by atoms with E-state index in [-0.39, 0.29) is 0 Å². The summed E-state index contributed by atoms with van der Waals surface area (Å²) < 4.78 is 2.03. The molecule has 0 bridgehead atoms. The average molecular weight is 190 g/mol. The monoisotopic (exact) mass is 190 g/mol. The third-order valence-corrected chi connectivity index (χ3v) is 2.02. The first-order valence-electron chi connectivity index (χ1n) is 4.04. The van der Waals surface area contributed by atoms with E-state index in [1.54, 1.807) is 0 Å². The molecule has 0 saturated carbocycles. The summed E-state index contributed by atoms with van der Waals surface area (Å²) in [4.78, 5) is 5.10. The van der Waals surface area contributed by atoms with E-state index in [2.05, 4.69) is 24.2 Å². The maximum Gasteiger partial charge on any atom is 0.0961 e. The molecule has 0 atom stereocenters. The lowest BCUT2D eigenvalue weighted by atomic mass is 10.3. The fourth-order valence-electron chi connectivity index (χ4n) is 1.33. The maximum absolute atomic E-state index is 4.26. The minimum absolute atomic E-state index is 0.712. The van der Waals surface area contributed by atoms with E-state index in [9.17, 15) is 0 Å². The van der Waals surface area contributed by atoms with Crippen LogP contribution in [0.25, 0.3) is 11.0 Å². The molecule has 3 heteroatoms. The number of benzene rings is 1. The second-order valence-corrected chi connectivity index (χ2v) is 3.56. The Balaban J connectivity index is 2.51. The van der Waals surface area contributed by atoms with Crippen molar-refractivity contribution in [1.82, 2.24) is 9.55 Å². The Kier molecular flexibility index (Phi) is 2.10. The highest BCUT2D eigenvalue weighted by atomic mass is 32.1. The van der Waals surface area contributed by atoms with Gasteiger partial charge in [-0.2, -0.15) is 0 Å². The van der Waals surface area contributed by atoms with Crippen molar-refractivity contribution in [2.45, 2.75) is 6.54 Å². The number of nitrogens with zero attached hydrogens (tertiary/aromatic N) is 2. The SMILES string of the molecule is C=C(S)Cn1cnc2ccccc21. The van der Waals surface area contributed by atoms with Gasteiger partial charge in [0, 0.05) is 0 Å². The molecule has 0 N–H and O–H groups in total. The number of thiol groups is 1. The quantitative estimate of drug-likeness (QED) is 0.720. The van der Waals surface area contributed by atoms with Gasteiger partial charge in [0.1, 0.15) is 0 Å². The van der Waals surface area contributed by atoms with E-state index in [0.717, 1.165) is 15.9 Å². The Morgan fingerprint density at radius 1 is 1.46 bits per heavy atom. The van der Waals surface area contributed by atoms with Crippen LogP contribution < -0.4 is 0 Å². The predicted octanol–water partition coefficient (Wildman–Crippen LogP) is 2.48. The molecule has 0 spiro atoms. The summed E-state index contributed by atoms with van der Waals surface area (Å²) >= 11 is 4.17. The molecule has 2 rings (SSSR count). The van der Waals surface area contributed by atoms with E-state index in [1.165, 1.54) is 0 Å². The van der Waals surface area contributed by atoms with Crippen molar-refractivity contribution in [2.75, 3.05) is 0 Å². The summed E-state index contributed by atoms with van der Waals surface area (Å²) in [7, 11) is 0. The number of allylic oxidation sites excluding steroid dienone is 1. The predicted molar refractivity (Wildman–Crippen MR) is 57.9 cm³/mol. The Bertz CT molecular complexity index is 445. The van der Waals surface area contributed by atoms with Gasteiger partial charge in [-0.15, -0.1) is 12.6 Å². The largest absolute Gasteiger partial charge is 0.326 e. The first kappa shape index (κ1) is 8.38. The highest BCUT2D eigenvalue weighted by Gasteiger charge is 2.00. The summed E-state index contributed by atoms with van der Waals surface area (Å²) in [6, 6.07) is 8.02. The molecule has 1 heterocycles. The van der Waals surface area contributed by atoms with Gasteiger partial charge in [-0.3, -0.25) is 0 Å². The average Bonchev–Trinajstić information content (AvgIpc) is 2.48. The third-order valence-electron chi connectivity index (χ3n) is 1.88. The molecule has 0 saturated heterocycles. The highest BCUT2D eigenvalue weighted by molar-refractivity contribution is 7.84. The summed E-state index contributed by atoms with van der Waals surface area (Å²) in [5.74, 6) is 0. The van der Waals surface area contributed by atoms with Crippen molar-refractivity contribution in [2.24, 2.45) is 0 Å². The second kappa shape index (κ2) is 3.26. The molecule has 66 valence electrons. The van der Waals surface area contributed by atoms with Crippen molar-refractivity contribution in [3.63, 3.8) is 0 Å². The van der Waals surface area contributed by atoms with Crippen LogP contribution in [0, 0.1) is 0 Å². The van der Waals surface area contributed by atoms with Crippen LogP contribution in [0.2, 0.25) is 0 Å². The van der Waals surface area contributed by atoms with Crippen LogP contribution in [0.3, 0.4) is 0 Å². The van der Waals surface area contributed by atoms with Gasteiger partial charge >= 0.3 is 0 Å². The molecule has 13 heavy (non-hydrogen) atoms. The first-order chi connectivity index (χ1) is 6.27. The lowest BCUT2D eigenvalue weighted by Gasteiger charge is -2.01. The normalized spacial score (nSPS) is 10.5. The van der Waals surface area contributed by atoms with E-state index in [4.69, 9.17) is 0 Å². The van der Waals surface area contributed by atoms with Gasteiger partial charge in [0.25, 0.3) is 0 Å². The summed E-state index contributed by atoms with van der Waals surface area (Å²) in [5, 5.41) is 0. The van der Waals surface area contributed by atoms with Crippen LogP contribution >= 0.6 is 12.6 Å². The number of aromatic nitrogens is 2. The summed E-state index contributed by atoms with van der Waals surface area (Å²) in [5.41, 5.74) is 2.13. The smallest absolute Gasteiger partial charge is 0.0961 e. The Morgan fingerprint density at radius 3 is 3.00 bits per heavy atom. The molecule has 2 aromatic rings. The molecule has 0 aliphatic heterocycles. The van der Waals surface area contributed by atoms with Crippen LogP contribution in [-0.4, -0.2) is 9.55 Å². The standard InChI is InChI=1S/C10H10N2S/c1-8(13)6-12-7-11-9-4-2-3-5-10(9)12/h2-5,7,13H,1,6H2. The number of hydrogen-bond donors (Lipinski definition) is 1. The highest BCUT2D eigenvalue weighted by Crippen LogP contribution is 2.13. The fraction of sp³-hybridized carbons (Fsp3) is 0.100. The molecule has 1 aromatic carbocycles. The second-order valence-electron chi connectivity index (χ2n) is 2.93. The number of fused-ring (bicyclic) bond motifs is 1. The van der Waals surface area contributed by atoms with Gasteiger partial charge in [-0.1, -0.05) is 18.7 Å². The molecule has 0 aliphatic rings. The fourth-order valence-corrected chi connectivity index (χ4v) is 1.49. The zero-order valence-electron chi connectivity index (χ0n) is 7.14. The van der Waals surface area contributed by atoms with Crippen LogP contribution in [0.5, 0.6) is 0 Å². The molecule has 0 unspecified atom stereocenters. The Morgan fingerprint density at radius 2 is 2.23 bits per heavy atom. The van der Waals surface area contributed by atoms with Crippen LogP contribution in [0.1, 0.15) is 0 Å². The summed E-state index contributed by atoms with van der Waals surface area (Å²) in [6.07, 6.45) is 1.81. The van der Waals surface area contributed by atoms with E-state index < -0.39 is 0 Å². The van der Waals surface area contributed by atoms with E-state index in [1.807, 2.05) is 35.2 Å². The zero-order valence-corrected chi connectivity index (χ0v) is 8.04. The zero-order chi connectivity index (χ0) is 9.26. The minimum atomic E-state index is 0.712. The maximum atomic E-state index is 4.26. The lowest BCUT2D eigenvalue weighted by molar-refractivity contribution is 0.843. The van der Waals surface area contributed by atoms with Gasteiger partial charge in [0.05, 0.1) is 23.9 Å². The molecular formula is C10H10N2S. The topological polar surface area (TPSA) is 17.8 Å². The van der Waals surface area contributed by atoms with E-state index in [0.29, 0.717) is 6.54 Å². The Labute approximate surface area is 82.3 Å². The molecule has 0 fully saturated rings. The lowest BCUT2D eigenvalue weighted by Crippen LogP contribution is -1.94. The molecule has 0 aliphatic carbocycles. The van der Waals surface area contributed by atoms with Gasteiger partial charge in [-0.05, 0) is 17.0 Å². The molecule has 1 aromatic heterocycles. The minimum Gasteiger partial charge on any atom is -0.326 e. The number of imidazole rings is 1. The van der Waals surface area contributed by atoms with Gasteiger partial charge in [-0.25, -0.2) is 4.98 Å². The van der Waals surface area contributed by atoms with Crippen molar-refractivity contribution in [3.8, 4) is 0 Å². The van der Waals surface area contributed by atoms with Gasteiger partial charge < -0.3 is 4.57 Å². The van der Waals surface area contributed by atoms with Crippen molar-refractivity contribution in [1.29, 1.82) is 0 Å². The van der Waals surface area contributed by atoms with Crippen molar-refractivity contribution in [3.05, 3.63) is 42.1 Å². The third kappa shape index (κ3) is 1.60. The van der Waals surface area contributed by atoms with Crippen LogP contribution in [0.15, 0.2) is 42.1 Å². The van der Waals surface area contributed by atoms with E-state index >= 15 is 0 Å². The molecule has 0 amide bonds. The van der Waals surface area contributed by atoms with Crippen molar-refractivity contribution < 1.29 is 0 Å². The van der Waals surface area contributed by atoms with Crippen LogP contribution in [0.4, 0.5) is 0 Å². The van der Waals surface area contributed by atoms with Crippen LogP contribution in [-0.2, 0) is 6.54 Å². The molecule has 0 radical (unpaired) electrons. The Hall–Kier alpha value is -1.22. The van der Waals surface area contributed by atoms with Gasteiger partial charge in [0.15, 0.2) is 0 Å². The van der Waals surface area contributed by atoms with Crippen molar-refractivity contribution >= 4 is 23.7 Å². The number of rotatable bonds is 2. The summed E-state index contributed by atoms with van der Waals surface area (Å²) in [6.45, 7) is 4.46.